The largest absolute Gasteiger partial charge is 0.369 e. The molecule has 11 rings (SSSR count). The second kappa shape index (κ2) is 18.9. The summed E-state index contributed by atoms with van der Waals surface area (Å²) in [4.78, 5) is 0. The quantitative estimate of drug-likeness (QED) is 0.149. The van der Waals surface area contributed by atoms with Gasteiger partial charge in [-0.25, -0.2) is 0 Å². The zero-order chi connectivity index (χ0) is 47.3. The SMILES string of the molecule is OC1(C#Cc2ccc(C#CC3(O)C(c4ccccc4)=C(c4ccccc4)C(c4ccccc4)=C3c3ccccc3)cc2)C(c2ccccc2)=C(c2ccccc2)C(c2ccccc2)=C1c1ccccc1. The molecule has 0 radical (unpaired) electrons. The minimum absolute atomic E-state index is 0.709. The molecule has 0 unspecified atom stereocenters. The van der Waals surface area contributed by atoms with Gasteiger partial charge >= 0.3 is 0 Å². The zero-order valence-corrected chi connectivity index (χ0v) is 38.3. The molecule has 0 aliphatic heterocycles. The molecule has 2 nitrogen and oxygen atoms in total. The summed E-state index contributed by atoms with van der Waals surface area (Å²) < 4.78 is 0. The van der Waals surface area contributed by atoms with Gasteiger partial charge in [0.25, 0.3) is 0 Å². The van der Waals surface area contributed by atoms with Crippen molar-refractivity contribution in [3.63, 3.8) is 0 Å². The van der Waals surface area contributed by atoms with Gasteiger partial charge < -0.3 is 10.2 Å². The van der Waals surface area contributed by atoms with Gasteiger partial charge in [-0.3, -0.25) is 0 Å². The van der Waals surface area contributed by atoms with Gasteiger partial charge in [0.05, 0.1) is 0 Å². The van der Waals surface area contributed by atoms with Gasteiger partial charge in [0.2, 0.25) is 0 Å². The Morgan fingerprint density at radius 2 is 0.386 bits per heavy atom. The van der Waals surface area contributed by atoms with Crippen LogP contribution in [0.15, 0.2) is 267 Å². The van der Waals surface area contributed by atoms with Crippen LogP contribution in [-0.4, -0.2) is 21.4 Å². The van der Waals surface area contributed by atoms with Gasteiger partial charge in [0.15, 0.2) is 11.2 Å². The molecule has 0 fully saturated rings. The molecule has 330 valence electrons. The molecule has 2 heteroatoms. The highest BCUT2D eigenvalue weighted by Crippen LogP contribution is 2.58. The smallest absolute Gasteiger partial charge is 0.179 e. The maximum Gasteiger partial charge on any atom is 0.179 e. The third kappa shape index (κ3) is 8.05. The Morgan fingerprint density at radius 1 is 0.214 bits per heavy atom. The molecular formula is C68H46O2. The average Bonchev–Trinajstić information content (AvgIpc) is 3.87. The van der Waals surface area contributed by atoms with E-state index in [9.17, 15) is 10.2 Å². The lowest BCUT2D eigenvalue weighted by atomic mass is 9.81. The molecule has 0 aromatic heterocycles. The van der Waals surface area contributed by atoms with Crippen molar-refractivity contribution < 1.29 is 10.2 Å². The van der Waals surface area contributed by atoms with E-state index in [-0.39, 0.29) is 0 Å². The van der Waals surface area contributed by atoms with E-state index in [4.69, 9.17) is 0 Å². The average molecular weight is 895 g/mol. The summed E-state index contributed by atoms with van der Waals surface area (Å²) >= 11 is 0. The first-order valence-electron chi connectivity index (χ1n) is 23.6. The number of benzene rings is 9. The van der Waals surface area contributed by atoms with Crippen LogP contribution in [0.25, 0.3) is 44.6 Å². The number of rotatable bonds is 8. The topological polar surface area (TPSA) is 40.5 Å². The molecule has 0 bridgehead atoms. The minimum atomic E-state index is -1.73. The molecule has 0 atom stereocenters. The van der Waals surface area contributed by atoms with Crippen LogP contribution in [0.2, 0.25) is 0 Å². The fraction of sp³-hybridized carbons (Fsp3) is 0.0294. The van der Waals surface area contributed by atoms with Crippen molar-refractivity contribution in [2.45, 2.75) is 11.2 Å². The molecule has 0 heterocycles. The Balaban J connectivity index is 1.07. The highest BCUT2D eigenvalue weighted by atomic mass is 16.3. The first kappa shape index (κ1) is 43.5. The first-order chi connectivity index (χ1) is 34.5. The third-order valence-electron chi connectivity index (χ3n) is 13.1. The molecule has 0 spiro atoms. The molecule has 70 heavy (non-hydrogen) atoms. The summed E-state index contributed by atoms with van der Waals surface area (Å²) in [6, 6.07) is 89.4. The monoisotopic (exact) mass is 894 g/mol. The highest BCUT2D eigenvalue weighted by molar-refractivity contribution is 6.33. The van der Waals surface area contributed by atoms with Gasteiger partial charge in [0.1, 0.15) is 0 Å². The molecule has 2 N–H and O–H groups in total. The minimum Gasteiger partial charge on any atom is -0.369 e. The summed E-state index contributed by atoms with van der Waals surface area (Å²) in [7, 11) is 0. The first-order valence-corrected chi connectivity index (χ1v) is 23.6. The van der Waals surface area contributed by atoms with E-state index in [1.807, 2.05) is 170 Å². The van der Waals surface area contributed by atoms with Crippen LogP contribution in [0.5, 0.6) is 0 Å². The van der Waals surface area contributed by atoms with Gasteiger partial charge in [0, 0.05) is 33.4 Å². The second-order valence-electron chi connectivity index (χ2n) is 17.4. The fourth-order valence-electron chi connectivity index (χ4n) is 10.1. The van der Waals surface area contributed by atoms with E-state index >= 15 is 0 Å². The third-order valence-corrected chi connectivity index (χ3v) is 13.1. The van der Waals surface area contributed by atoms with Crippen LogP contribution in [0.4, 0.5) is 0 Å². The summed E-state index contributed by atoms with van der Waals surface area (Å²) in [5.41, 5.74) is 12.1. The molecule has 0 amide bonds. The summed E-state index contributed by atoms with van der Waals surface area (Å²) in [5.74, 6) is 13.8. The summed E-state index contributed by atoms with van der Waals surface area (Å²) in [6.07, 6.45) is 0. The van der Waals surface area contributed by atoms with Crippen molar-refractivity contribution in [3.8, 4) is 23.7 Å². The number of aliphatic hydroxyl groups is 2. The van der Waals surface area contributed by atoms with Crippen molar-refractivity contribution in [3.05, 3.63) is 323 Å². The molecule has 2 aliphatic rings. The zero-order valence-electron chi connectivity index (χ0n) is 38.3. The van der Waals surface area contributed by atoms with Crippen LogP contribution in [0.3, 0.4) is 0 Å². The van der Waals surface area contributed by atoms with Gasteiger partial charge in [-0.2, -0.15) is 0 Å². The fourth-order valence-corrected chi connectivity index (χ4v) is 10.1. The maximum atomic E-state index is 13.6. The Hall–Kier alpha value is -9.02. The summed E-state index contributed by atoms with van der Waals surface area (Å²) in [6.45, 7) is 0. The molecule has 0 saturated heterocycles. The number of hydrogen-bond acceptors (Lipinski definition) is 2. The lowest BCUT2D eigenvalue weighted by Crippen LogP contribution is -2.28. The maximum absolute atomic E-state index is 13.6. The molecule has 2 aliphatic carbocycles. The van der Waals surface area contributed by atoms with E-state index in [1.54, 1.807) is 0 Å². The normalized spacial score (nSPS) is 14.8. The van der Waals surface area contributed by atoms with E-state index in [2.05, 4.69) is 121 Å². The van der Waals surface area contributed by atoms with E-state index in [1.165, 1.54) is 0 Å². The Bertz CT molecular complexity index is 3150. The molecular weight excluding hydrogens is 849 g/mol. The highest BCUT2D eigenvalue weighted by Gasteiger charge is 2.48. The second-order valence-corrected chi connectivity index (χ2v) is 17.4. The number of hydrogen-bond donors (Lipinski definition) is 2. The van der Waals surface area contributed by atoms with Crippen molar-refractivity contribution in [2.75, 3.05) is 0 Å². The van der Waals surface area contributed by atoms with Crippen LogP contribution in [0.1, 0.15) is 55.6 Å². The number of allylic oxidation sites excluding steroid dienone is 4. The van der Waals surface area contributed by atoms with Gasteiger partial charge in [-0.1, -0.05) is 266 Å². The van der Waals surface area contributed by atoms with Crippen LogP contribution < -0.4 is 0 Å². The van der Waals surface area contributed by atoms with Crippen molar-refractivity contribution in [1.82, 2.24) is 0 Å². The Labute approximate surface area is 410 Å². The van der Waals surface area contributed by atoms with Crippen molar-refractivity contribution >= 4 is 44.6 Å². The van der Waals surface area contributed by atoms with Crippen molar-refractivity contribution in [1.29, 1.82) is 0 Å². The van der Waals surface area contributed by atoms with E-state index in [0.717, 1.165) is 89.1 Å². The molecule has 9 aromatic rings. The van der Waals surface area contributed by atoms with Gasteiger partial charge in [-0.05, 0) is 91.1 Å². The standard InChI is InChI=1S/C68H46O2/c69-67(63(55-33-17-5-18-34-55)59(51-25-9-1-10-26-51)60(52-27-11-2-12-28-52)64(67)56-35-19-6-20-36-56)47-45-49-41-43-50(44-42-49)46-48-68(70)65(57-37-21-7-22-38-57)61(53-29-13-3-14-30-53)62(54-31-15-4-16-32-54)66(68)58-39-23-8-24-40-58/h1-44,69-70H. The molecule has 0 saturated carbocycles. The summed E-state index contributed by atoms with van der Waals surface area (Å²) in [5, 5.41) is 27.3. The van der Waals surface area contributed by atoms with Gasteiger partial charge in [-0.15, -0.1) is 0 Å². The Morgan fingerprint density at radius 3 is 0.571 bits per heavy atom. The lowest BCUT2D eigenvalue weighted by Gasteiger charge is -2.26. The predicted octanol–water partition coefficient (Wildman–Crippen LogP) is 14.3. The van der Waals surface area contributed by atoms with Crippen LogP contribution in [-0.2, 0) is 0 Å². The Kier molecular flexibility index (Phi) is 11.8. The van der Waals surface area contributed by atoms with E-state index in [0.29, 0.717) is 11.1 Å². The van der Waals surface area contributed by atoms with Crippen molar-refractivity contribution in [2.24, 2.45) is 0 Å². The van der Waals surface area contributed by atoms with Crippen LogP contribution >= 0.6 is 0 Å². The lowest BCUT2D eigenvalue weighted by molar-refractivity contribution is 0.226. The predicted molar refractivity (Wildman–Crippen MR) is 289 cm³/mol. The van der Waals surface area contributed by atoms with E-state index < -0.39 is 11.2 Å². The molecule has 9 aromatic carbocycles. The van der Waals surface area contributed by atoms with Crippen LogP contribution in [0, 0.1) is 23.7 Å².